The molecule has 0 aromatic rings. The number of aliphatic hydroxyl groups is 1. The van der Waals surface area contributed by atoms with Crippen LogP contribution in [-0.2, 0) is 9.59 Å². The Morgan fingerprint density at radius 1 is 0.530 bits per heavy atom. The van der Waals surface area contributed by atoms with Crippen LogP contribution >= 0.6 is 0 Å². The van der Waals surface area contributed by atoms with Crippen molar-refractivity contribution in [1.29, 1.82) is 0 Å². The molecule has 1 amide bonds. The van der Waals surface area contributed by atoms with Crippen LogP contribution < -0.4 is 5.73 Å². The van der Waals surface area contributed by atoms with E-state index in [9.17, 15) is 14.7 Å². The smallest absolute Gasteiger partial charge is 0.303 e. The summed E-state index contributed by atoms with van der Waals surface area (Å²) < 4.78 is 0. The maximum absolute atomic E-state index is 10.5. The van der Waals surface area contributed by atoms with E-state index in [1.807, 2.05) is 6.08 Å². The zero-order valence-electron chi connectivity index (χ0n) is 79.6. The molecule has 0 aliphatic heterocycles. The number of unbranched alkanes of at least 4 members (excludes halogenated alkanes) is 22. The third kappa shape index (κ3) is 27.0. The van der Waals surface area contributed by atoms with Crippen molar-refractivity contribution >= 4 is 11.9 Å². The second-order valence-electron chi connectivity index (χ2n) is 45.1. The zero-order valence-corrected chi connectivity index (χ0v) is 79.6. The first kappa shape index (κ1) is 102. The largest absolute Gasteiger partial charge is 0.481 e. The van der Waals surface area contributed by atoms with Gasteiger partial charge in [-0.3, -0.25) is 9.59 Å². The van der Waals surface area contributed by atoms with Crippen molar-refractivity contribution in [2.45, 2.75) is 459 Å². The summed E-state index contributed by atoms with van der Waals surface area (Å²) in [7, 11) is 0. The van der Waals surface area contributed by atoms with Gasteiger partial charge in [-0.05, 0) is 340 Å². The van der Waals surface area contributed by atoms with Crippen molar-refractivity contribution in [3.63, 3.8) is 0 Å². The van der Waals surface area contributed by atoms with E-state index in [1.54, 1.807) is 22.3 Å². The third-order valence-corrected chi connectivity index (χ3v) is 35.8. The number of carbonyl (C=O) groups is 2. The number of nitrogens with two attached hydrogens (primary N) is 1. The van der Waals surface area contributed by atoms with E-state index in [2.05, 4.69) is 187 Å². The van der Waals surface area contributed by atoms with Gasteiger partial charge in [0.05, 0.1) is 0 Å². The molecule has 5 heteroatoms. The summed E-state index contributed by atoms with van der Waals surface area (Å²) in [4.78, 5) is 20.9. The van der Waals surface area contributed by atoms with Crippen LogP contribution in [-0.4, -0.2) is 28.7 Å². The number of aliphatic carboxylic acids is 1. The molecule has 0 saturated heterocycles. The lowest BCUT2D eigenvalue weighted by Crippen LogP contribution is -2.57. The number of amides is 1. The minimum atomic E-state index is -0.661. The van der Waals surface area contributed by atoms with E-state index in [0.29, 0.717) is 68.7 Å². The first-order chi connectivity index (χ1) is 55.0. The molecule has 11 fully saturated rings. The quantitative estimate of drug-likeness (QED) is 0.0339. The maximum atomic E-state index is 10.5. The molecule has 11 saturated carbocycles. The Morgan fingerprint density at radius 3 is 1.49 bits per heavy atom. The van der Waals surface area contributed by atoms with E-state index in [-0.39, 0.29) is 18.7 Å². The Morgan fingerprint density at radius 2 is 1.01 bits per heavy atom. The Kier molecular flexibility index (Phi) is 41.6. The van der Waals surface area contributed by atoms with E-state index in [4.69, 9.17) is 10.8 Å². The van der Waals surface area contributed by atoms with Crippen LogP contribution in [0.2, 0.25) is 0 Å². The highest BCUT2D eigenvalue weighted by molar-refractivity contribution is 5.73. The number of primary amides is 1. The lowest BCUT2D eigenvalue weighted by Gasteiger charge is -2.64. The summed E-state index contributed by atoms with van der Waals surface area (Å²) in [6.07, 6.45) is 85.4. The van der Waals surface area contributed by atoms with Crippen molar-refractivity contribution < 1.29 is 19.8 Å². The number of hydrogen-bond acceptors (Lipinski definition) is 3. The molecule has 117 heavy (non-hydrogen) atoms. The molecule has 15 aliphatic carbocycles. The molecule has 0 aromatic carbocycles. The molecule has 0 radical (unpaired) electrons. The number of fused-ring (bicyclic) bond motifs is 6. The fraction of sp³-hybridized carbons (Fsp3) is 0.821. The first-order valence-corrected chi connectivity index (χ1v) is 50.1. The fourth-order valence-corrected chi connectivity index (χ4v) is 28.1. The molecule has 15 rings (SSSR count). The minimum absolute atomic E-state index is 0. The van der Waals surface area contributed by atoms with Gasteiger partial charge in [-0.1, -0.05) is 335 Å². The van der Waals surface area contributed by atoms with Crippen LogP contribution in [0.25, 0.3) is 0 Å². The molecule has 4 unspecified atom stereocenters. The number of rotatable bonds is 34. The highest BCUT2D eigenvalue weighted by Crippen LogP contribution is 2.73. The fourth-order valence-electron chi connectivity index (χ4n) is 28.1. The van der Waals surface area contributed by atoms with Gasteiger partial charge in [-0.2, -0.15) is 0 Å². The lowest BCUT2D eigenvalue weighted by atomic mass is 9.41. The molecule has 0 aromatic heterocycles. The van der Waals surface area contributed by atoms with Gasteiger partial charge in [0.1, 0.15) is 0 Å². The standard InChI is InChI=1S/C20H32O.C20H32.C18H35NO.C18H34O2.C15H24.2C10H16.CH4/c1-14-11-20-10-7-16-18(2,13-21)8-4-9-19(16,3)17(20)6-5-15(14)12-20;1-7-15(2)9-11-17-16(3)10-12-18-19(4,5)13-8-14-20(17,18)6;2*1-2-3-4-5-6-7-8-9-10-11-12-13-14-15-16-17-18(19)20;1-10-11-6-7-12-13(11)14(2,3)8-5-9-15(10,12)4;2*1-7-4-5-8-6-9(7)10(8,2)3;/h15-17,21H,1,4-13H2,2-3H3;7,9,17-18H,1,3,8,10-14H2,2,4-6H3;9-10H,2-8,11-17H2,1H3,(H2,19,20);7-8H,2-6,9-17H2,1H3,(H,19,20);11-13H,1,5-9H2,2-4H3;2*4,8-9H,5-6H2,1-3H3;1H4/b;15-9+;10-9-;8-7-;;;;/t15-,16-,17+,18+,19-,20-;17-,18?,20+;;;11?,12-,13?,15+;8-,9?;8-,9-;/m10..010./s1. The molecule has 17 atom stereocenters. The predicted octanol–water partition coefficient (Wildman–Crippen LogP) is 33.9. The summed E-state index contributed by atoms with van der Waals surface area (Å²) in [6, 6.07) is 0. The number of hydrogen-bond donors (Lipinski definition) is 3. The highest BCUT2D eigenvalue weighted by Gasteiger charge is 2.65. The normalized spacial score (nSPS) is 34.1. The van der Waals surface area contributed by atoms with Crippen molar-refractivity contribution in [3.8, 4) is 0 Å². The van der Waals surface area contributed by atoms with Crippen molar-refractivity contribution in [3.05, 3.63) is 108 Å². The van der Waals surface area contributed by atoms with Crippen LogP contribution in [0.15, 0.2) is 108 Å². The van der Waals surface area contributed by atoms with Gasteiger partial charge in [0, 0.05) is 19.4 Å². The van der Waals surface area contributed by atoms with Crippen LogP contribution in [0, 0.1) is 120 Å². The molecular formula is C112H193NO4. The molecule has 5 nitrogen and oxygen atoms in total. The van der Waals surface area contributed by atoms with Gasteiger partial charge < -0.3 is 15.9 Å². The van der Waals surface area contributed by atoms with Crippen molar-refractivity contribution in [1.82, 2.24) is 0 Å². The number of allylic oxidation sites excluding steroid dienone is 14. The summed E-state index contributed by atoms with van der Waals surface area (Å²) in [5, 5.41) is 18.6. The SMILES string of the molecule is C.C=C/C(C)=C/C[C@H]1C(=C)CCC2C(C)(C)CCC[C@@]21C.C=C1C2CC[C@H]3C2C(C)(C)CCC[C@]13C.C=C1C[C@@]23CC[C@@H]4[C@](C)(CO)CCC[C@@]4(C)[C@@H]2CC[C@@H]1C3.CC1=CC[C@@H]2CC1C2(C)C.CC1=CC[C@H]2C[C@@H]1C2(C)C.CCCCCC/C=C\CCCCCCCCCC(=O)O.CCCCCCCC/C=C\CCCCCCCC(N)=O. The molecule has 4 N–H and O–H groups in total. The van der Waals surface area contributed by atoms with Crippen LogP contribution in [0.3, 0.4) is 0 Å². The highest BCUT2D eigenvalue weighted by atomic mass is 16.4. The lowest BCUT2D eigenvalue weighted by molar-refractivity contribution is -0.158. The average molecular weight is 1620 g/mol. The summed E-state index contributed by atoms with van der Waals surface area (Å²) in [5.41, 5.74) is 19.0. The van der Waals surface area contributed by atoms with Crippen LogP contribution in [0.4, 0.5) is 0 Å². The number of aliphatic hydroxyl groups excluding tert-OH is 1. The average Bonchev–Trinajstić information content (AvgIpc) is 1.63. The molecular weight excluding hydrogens is 1420 g/mol. The third-order valence-electron chi connectivity index (χ3n) is 35.8. The first-order valence-electron chi connectivity index (χ1n) is 50.1. The molecule has 1 spiro atoms. The van der Waals surface area contributed by atoms with Gasteiger partial charge in [-0.15, -0.1) is 0 Å². The topological polar surface area (TPSA) is 101 Å². The van der Waals surface area contributed by atoms with Crippen LogP contribution in [0.1, 0.15) is 459 Å². The minimum Gasteiger partial charge on any atom is -0.481 e. The van der Waals surface area contributed by atoms with Gasteiger partial charge in [-0.25, -0.2) is 0 Å². The number of carbonyl (C=O) groups excluding carboxylic acids is 1. The summed E-state index contributed by atoms with van der Waals surface area (Å²) >= 11 is 0. The second kappa shape index (κ2) is 47.6. The van der Waals surface area contributed by atoms with E-state index < -0.39 is 5.97 Å². The van der Waals surface area contributed by atoms with E-state index in [0.717, 1.165) is 97.2 Å². The zero-order chi connectivity index (χ0) is 85.2. The summed E-state index contributed by atoms with van der Waals surface area (Å²) in [6.45, 7) is 58.5. The van der Waals surface area contributed by atoms with Gasteiger partial charge in [0.15, 0.2) is 0 Å². The van der Waals surface area contributed by atoms with E-state index >= 15 is 0 Å². The van der Waals surface area contributed by atoms with Crippen molar-refractivity contribution in [2.24, 2.45) is 125 Å². The van der Waals surface area contributed by atoms with Gasteiger partial charge in [0.2, 0.25) is 5.91 Å². The predicted molar refractivity (Wildman–Crippen MR) is 511 cm³/mol. The Balaban J connectivity index is 0.000000214. The van der Waals surface area contributed by atoms with Crippen molar-refractivity contribution in [2.75, 3.05) is 6.61 Å². The number of carboxylic acid groups (broad SMARTS) is 1. The van der Waals surface area contributed by atoms with Gasteiger partial charge >= 0.3 is 5.97 Å². The Hall–Kier alpha value is -3.44. The summed E-state index contributed by atoms with van der Waals surface area (Å²) in [5.74, 6) is 9.81. The maximum Gasteiger partial charge on any atom is 0.303 e. The van der Waals surface area contributed by atoms with Crippen LogP contribution in [0.5, 0.6) is 0 Å². The number of carboxylic acids is 1. The second-order valence-corrected chi connectivity index (χ2v) is 45.1. The molecule has 10 bridgehead atoms. The molecule has 0 heterocycles. The Bertz CT molecular complexity index is 3170. The van der Waals surface area contributed by atoms with E-state index in [1.165, 1.54) is 300 Å². The van der Waals surface area contributed by atoms with Gasteiger partial charge in [0.25, 0.3) is 0 Å². The molecule has 15 aliphatic rings. The molecule has 670 valence electrons. The monoisotopic (exact) mass is 1620 g/mol. The Labute approximate surface area is 726 Å².